The molecule has 2 rings (SSSR count). The molecule has 0 aliphatic heterocycles. The Morgan fingerprint density at radius 3 is 2.75 bits per heavy atom. The third-order valence-electron chi connectivity index (χ3n) is 3.36. The minimum Gasteiger partial charge on any atom is -0.478 e. The molecule has 0 fully saturated rings. The summed E-state index contributed by atoms with van der Waals surface area (Å²) in [4.78, 5) is 10.7. The molecule has 1 N–H and O–H groups in total. The largest absolute Gasteiger partial charge is 0.478 e. The molecule has 0 aliphatic carbocycles. The number of aromatic nitrogens is 1. The van der Waals surface area contributed by atoms with Gasteiger partial charge in [-0.1, -0.05) is 43.6 Å². The van der Waals surface area contributed by atoms with Crippen LogP contribution in [0.3, 0.4) is 0 Å². The monoisotopic (exact) mass is 291 g/mol. The topological polar surface area (TPSA) is 42.2 Å². The van der Waals surface area contributed by atoms with Crippen molar-refractivity contribution < 1.29 is 9.90 Å². The molecule has 1 heterocycles. The molecule has 1 aromatic heterocycles. The minimum absolute atomic E-state index is 0.611. The zero-order valence-corrected chi connectivity index (χ0v) is 12.4. The van der Waals surface area contributed by atoms with Gasteiger partial charge in [0, 0.05) is 23.6 Å². The molecular weight excluding hydrogens is 274 g/mol. The molecule has 0 spiro atoms. The van der Waals surface area contributed by atoms with Crippen LogP contribution in [-0.4, -0.2) is 15.6 Å². The summed E-state index contributed by atoms with van der Waals surface area (Å²) in [6.45, 7) is 5.04. The number of carbonyl (C=O) groups is 1. The van der Waals surface area contributed by atoms with Gasteiger partial charge in [0.15, 0.2) is 0 Å². The number of aliphatic carboxylic acids is 1. The Balaban J connectivity index is 2.75. The molecule has 0 atom stereocenters. The van der Waals surface area contributed by atoms with Crippen molar-refractivity contribution in [2.45, 2.75) is 33.2 Å². The molecule has 2 aromatic rings. The van der Waals surface area contributed by atoms with Gasteiger partial charge >= 0.3 is 5.97 Å². The molecule has 0 bridgehead atoms. The van der Waals surface area contributed by atoms with Crippen LogP contribution in [-0.2, 0) is 17.8 Å². The molecule has 1 aromatic carbocycles. The van der Waals surface area contributed by atoms with Crippen LogP contribution in [0.4, 0.5) is 0 Å². The van der Waals surface area contributed by atoms with Gasteiger partial charge in [-0.05, 0) is 24.5 Å². The van der Waals surface area contributed by atoms with Crippen LogP contribution < -0.4 is 0 Å². The van der Waals surface area contributed by atoms with E-state index in [1.54, 1.807) is 6.08 Å². The smallest absolute Gasteiger partial charge is 0.328 e. The number of hydrogen-bond donors (Lipinski definition) is 1. The highest BCUT2D eigenvalue weighted by Crippen LogP contribution is 2.33. The summed E-state index contributed by atoms with van der Waals surface area (Å²) in [6, 6.07) is 6.08. The fourth-order valence-corrected chi connectivity index (χ4v) is 2.85. The maximum absolute atomic E-state index is 10.7. The van der Waals surface area contributed by atoms with Crippen molar-refractivity contribution in [1.29, 1.82) is 0 Å². The molecule has 0 unspecified atom stereocenters. The van der Waals surface area contributed by atoms with Crippen LogP contribution in [0.1, 0.15) is 31.4 Å². The molecule has 0 saturated heterocycles. The molecule has 0 amide bonds. The molecule has 0 saturated carbocycles. The standard InChI is InChI=1S/C16H18ClNO2/c1-3-10-18-15-11(4-2)6-5-7-12(15)13(16(18)17)8-9-14(19)20/h5-9H,3-4,10H2,1-2H3,(H,19,20)/b9-8+. The summed E-state index contributed by atoms with van der Waals surface area (Å²) in [5.74, 6) is -0.968. The zero-order chi connectivity index (χ0) is 14.7. The van der Waals surface area contributed by atoms with E-state index >= 15 is 0 Å². The third kappa shape index (κ3) is 2.59. The minimum atomic E-state index is -0.968. The van der Waals surface area contributed by atoms with Crippen LogP contribution in [0, 0.1) is 0 Å². The highest BCUT2D eigenvalue weighted by atomic mass is 35.5. The predicted molar refractivity (Wildman–Crippen MR) is 83.3 cm³/mol. The van der Waals surface area contributed by atoms with Gasteiger partial charge in [0.1, 0.15) is 5.15 Å². The summed E-state index contributed by atoms with van der Waals surface area (Å²) in [5, 5.41) is 10.4. The first-order chi connectivity index (χ1) is 9.60. The van der Waals surface area contributed by atoms with Gasteiger partial charge in [0.25, 0.3) is 0 Å². The second-order valence-corrected chi connectivity index (χ2v) is 5.05. The summed E-state index contributed by atoms with van der Waals surface area (Å²) < 4.78 is 2.08. The van der Waals surface area contributed by atoms with Gasteiger partial charge in [-0.2, -0.15) is 0 Å². The summed E-state index contributed by atoms with van der Waals surface area (Å²) >= 11 is 6.46. The first kappa shape index (κ1) is 14.7. The highest BCUT2D eigenvalue weighted by molar-refractivity contribution is 6.33. The van der Waals surface area contributed by atoms with Crippen LogP contribution in [0.25, 0.3) is 17.0 Å². The van der Waals surface area contributed by atoms with E-state index in [9.17, 15) is 4.79 Å². The lowest BCUT2D eigenvalue weighted by molar-refractivity contribution is -0.131. The van der Waals surface area contributed by atoms with E-state index in [1.807, 2.05) is 12.1 Å². The molecule has 0 aliphatic rings. The Labute approximate surface area is 123 Å². The van der Waals surface area contributed by atoms with Crippen LogP contribution in [0.2, 0.25) is 5.15 Å². The summed E-state index contributed by atoms with van der Waals surface area (Å²) in [7, 11) is 0. The second kappa shape index (κ2) is 6.14. The van der Waals surface area contributed by atoms with Crippen molar-refractivity contribution >= 4 is 34.5 Å². The third-order valence-corrected chi connectivity index (χ3v) is 3.77. The van der Waals surface area contributed by atoms with Gasteiger partial charge < -0.3 is 9.67 Å². The van der Waals surface area contributed by atoms with E-state index in [-0.39, 0.29) is 0 Å². The van der Waals surface area contributed by atoms with E-state index in [0.29, 0.717) is 5.15 Å². The first-order valence-electron chi connectivity index (χ1n) is 6.80. The number of halogens is 1. The van der Waals surface area contributed by atoms with E-state index in [1.165, 1.54) is 5.56 Å². The van der Waals surface area contributed by atoms with Gasteiger partial charge in [0.2, 0.25) is 0 Å². The molecule has 0 radical (unpaired) electrons. The normalized spacial score (nSPS) is 11.6. The van der Waals surface area contributed by atoms with E-state index in [2.05, 4.69) is 24.5 Å². The van der Waals surface area contributed by atoms with Gasteiger partial charge in [0.05, 0.1) is 5.52 Å². The van der Waals surface area contributed by atoms with Crippen molar-refractivity contribution in [3.05, 3.63) is 40.6 Å². The number of nitrogens with zero attached hydrogens (tertiary/aromatic N) is 1. The van der Waals surface area contributed by atoms with Crippen LogP contribution in [0.5, 0.6) is 0 Å². The molecule has 3 nitrogen and oxygen atoms in total. The lowest BCUT2D eigenvalue weighted by Gasteiger charge is -2.08. The maximum Gasteiger partial charge on any atom is 0.328 e. The van der Waals surface area contributed by atoms with Crippen LogP contribution >= 0.6 is 11.6 Å². The van der Waals surface area contributed by atoms with Gasteiger partial charge in [-0.15, -0.1) is 0 Å². The van der Waals surface area contributed by atoms with Crippen LogP contribution in [0.15, 0.2) is 24.3 Å². The van der Waals surface area contributed by atoms with Crippen molar-refractivity contribution in [3.8, 4) is 0 Å². The van der Waals surface area contributed by atoms with Crippen molar-refractivity contribution in [2.24, 2.45) is 0 Å². The van der Waals surface area contributed by atoms with Gasteiger partial charge in [-0.3, -0.25) is 0 Å². The number of aryl methyl sites for hydroxylation is 2. The molecule has 106 valence electrons. The Kier molecular flexibility index (Phi) is 4.50. The SMILES string of the molecule is CCCn1c(Cl)c(/C=C/C(=O)O)c2cccc(CC)c21. The summed E-state index contributed by atoms with van der Waals surface area (Å²) in [6.07, 6.45) is 4.61. The average molecular weight is 292 g/mol. The molecule has 4 heteroatoms. The predicted octanol–water partition coefficient (Wildman–Crippen LogP) is 4.36. The number of hydrogen-bond acceptors (Lipinski definition) is 1. The lowest BCUT2D eigenvalue weighted by atomic mass is 10.1. The Hall–Kier alpha value is -1.74. The first-order valence-corrected chi connectivity index (χ1v) is 7.18. The van der Waals surface area contributed by atoms with E-state index in [4.69, 9.17) is 16.7 Å². The van der Waals surface area contributed by atoms with Crippen molar-refractivity contribution in [1.82, 2.24) is 4.57 Å². The molecule has 20 heavy (non-hydrogen) atoms. The number of benzene rings is 1. The quantitative estimate of drug-likeness (QED) is 0.831. The summed E-state index contributed by atoms with van der Waals surface area (Å²) in [5.41, 5.74) is 3.13. The fraction of sp³-hybridized carbons (Fsp3) is 0.312. The maximum atomic E-state index is 10.7. The average Bonchev–Trinajstić information content (AvgIpc) is 2.70. The second-order valence-electron chi connectivity index (χ2n) is 4.69. The van der Waals surface area contributed by atoms with E-state index < -0.39 is 5.97 Å². The Morgan fingerprint density at radius 2 is 2.15 bits per heavy atom. The number of carboxylic acid groups (broad SMARTS) is 1. The number of rotatable bonds is 5. The zero-order valence-electron chi connectivity index (χ0n) is 11.7. The highest BCUT2D eigenvalue weighted by Gasteiger charge is 2.15. The van der Waals surface area contributed by atoms with Crippen molar-refractivity contribution in [2.75, 3.05) is 0 Å². The lowest BCUT2D eigenvalue weighted by Crippen LogP contribution is -1.98. The number of para-hydroxylation sites is 1. The number of fused-ring (bicyclic) bond motifs is 1. The van der Waals surface area contributed by atoms with Gasteiger partial charge in [-0.25, -0.2) is 4.79 Å². The van der Waals surface area contributed by atoms with Crippen molar-refractivity contribution in [3.63, 3.8) is 0 Å². The Morgan fingerprint density at radius 1 is 1.40 bits per heavy atom. The fourth-order valence-electron chi connectivity index (χ4n) is 2.51. The Bertz CT molecular complexity index is 671. The number of carboxylic acids is 1. The van der Waals surface area contributed by atoms with E-state index in [0.717, 1.165) is 41.9 Å². The molecular formula is C16H18ClNO2.